The molecule has 3 N–H and O–H groups in total. The summed E-state index contributed by atoms with van der Waals surface area (Å²) in [6.45, 7) is 7.91. The van der Waals surface area contributed by atoms with Gasteiger partial charge in [-0.15, -0.1) is 0 Å². The lowest BCUT2D eigenvalue weighted by molar-refractivity contribution is -0.139. The Labute approximate surface area is 230 Å². The van der Waals surface area contributed by atoms with Gasteiger partial charge < -0.3 is 25.4 Å². The number of rotatable bonds is 16. The number of anilines is 1. The van der Waals surface area contributed by atoms with Gasteiger partial charge in [-0.3, -0.25) is 4.90 Å². The molecule has 3 rings (SSSR count). The molecule has 0 saturated heterocycles. The summed E-state index contributed by atoms with van der Waals surface area (Å²) >= 11 is 0. The summed E-state index contributed by atoms with van der Waals surface area (Å²) in [5, 5.41) is 15.7. The number of urea groups is 1. The van der Waals surface area contributed by atoms with Gasteiger partial charge in [0.25, 0.3) is 0 Å². The van der Waals surface area contributed by atoms with Gasteiger partial charge in [-0.25, -0.2) is 19.0 Å². The Balaban J connectivity index is 1.53. The van der Waals surface area contributed by atoms with Crippen molar-refractivity contribution in [3.63, 3.8) is 0 Å². The van der Waals surface area contributed by atoms with E-state index in [1.165, 1.54) is 17.7 Å². The van der Waals surface area contributed by atoms with E-state index in [2.05, 4.69) is 27.7 Å². The number of ether oxygens (including phenoxy) is 1. The van der Waals surface area contributed by atoms with Crippen molar-refractivity contribution in [2.24, 2.45) is 0 Å². The van der Waals surface area contributed by atoms with Crippen LogP contribution >= 0.6 is 0 Å². The molecule has 1 aliphatic heterocycles. The van der Waals surface area contributed by atoms with Gasteiger partial charge >= 0.3 is 12.0 Å². The molecule has 10 heteroatoms. The normalized spacial score (nSPS) is 13.3. The van der Waals surface area contributed by atoms with Crippen molar-refractivity contribution in [3.8, 4) is 5.75 Å². The largest absolute Gasteiger partial charge is 0.492 e. The Morgan fingerprint density at radius 3 is 2.59 bits per heavy atom. The van der Waals surface area contributed by atoms with Crippen LogP contribution in [0.4, 0.5) is 15.0 Å². The Morgan fingerprint density at radius 2 is 1.87 bits per heavy atom. The van der Waals surface area contributed by atoms with Crippen LogP contribution in [0.25, 0.3) is 0 Å². The molecule has 39 heavy (non-hydrogen) atoms. The molecule has 0 fully saturated rings. The molecular weight excluding hydrogens is 501 g/mol. The molecule has 2 heterocycles. The first kappa shape index (κ1) is 30.1. The van der Waals surface area contributed by atoms with E-state index in [1.807, 2.05) is 13.8 Å². The quantitative estimate of drug-likeness (QED) is 0.273. The van der Waals surface area contributed by atoms with Gasteiger partial charge in [-0.2, -0.15) is 0 Å². The van der Waals surface area contributed by atoms with Gasteiger partial charge in [0.2, 0.25) is 0 Å². The highest BCUT2D eigenvalue weighted by molar-refractivity contribution is 5.82. The fourth-order valence-corrected chi connectivity index (χ4v) is 4.63. The molecule has 0 aliphatic carbocycles. The zero-order valence-corrected chi connectivity index (χ0v) is 23.1. The van der Waals surface area contributed by atoms with E-state index in [1.54, 1.807) is 17.0 Å². The molecule has 0 saturated carbocycles. The second-order valence-electron chi connectivity index (χ2n) is 9.74. The third kappa shape index (κ3) is 10.0. The minimum absolute atomic E-state index is 0.275. The van der Waals surface area contributed by atoms with Crippen molar-refractivity contribution < 1.29 is 23.8 Å². The molecule has 0 bridgehead atoms. The Bertz CT molecular complexity index is 1050. The molecule has 1 atom stereocenters. The first-order valence-corrected chi connectivity index (χ1v) is 14.0. The topological polar surface area (TPSA) is 107 Å². The second-order valence-corrected chi connectivity index (χ2v) is 9.74. The van der Waals surface area contributed by atoms with Crippen LogP contribution in [0.5, 0.6) is 5.75 Å². The van der Waals surface area contributed by atoms with Crippen LogP contribution in [0.1, 0.15) is 50.8 Å². The van der Waals surface area contributed by atoms with Crippen molar-refractivity contribution in [3.05, 3.63) is 53.5 Å². The van der Waals surface area contributed by atoms with Crippen LogP contribution in [0.2, 0.25) is 0 Å². The zero-order chi connectivity index (χ0) is 28.0. The number of carboxylic acid groups (broad SMARTS) is 1. The lowest BCUT2D eigenvalue weighted by Crippen LogP contribution is -2.49. The number of aliphatic carboxylic acids is 1. The van der Waals surface area contributed by atoms with E-state index in [-0.39, 0.29) is 18.3 Å². The van der Waals surface area contributed by atoms with E-state index < -0.39 is 12.0 Å². The number of hydrogen-bond acceptors (Lipinski definition) is 6. The highest BCUT2D eigenvalue weighted by atomic mass is 19.1. The van der Waals surface area contributed by atoms with E-state index >= 15 is 0 Å². The number of pyridine rings is 1. The number of nitrogens with zero attached hydrogens (tertiary/aromatic N) is 3. The maximum Gasteiger partial charge on any atom is 0.326 e. The molecule has 2 aromatic rings. The number of fused-ring (bicyclic) bond motifs is 1. The summed E-state index contributed by atoms with van der Waals surface area (Å²) in [7, 11) is 0. The van der Waals surface area contributed by atoms with Crippen molar-refractivity contribution in [2.75, 3.05) is 51.2 Å². The zero-order valence-electron chi connectivity index (χ0n) is 23.1. The molecule has 2 amide bonds. The van der Waals surface area contributed by atoms with E-state index in [4.69, 9.17) is 9.72 Å². The molecule has 1 aliphatic rings. The number of carbonyl (C=O) groups is 2. The molecular formula is C29H42FN5O4. The predicted molar refractivity (Wildman–Crippen MR) is 150 cm³/mol. The summed E-state index contributed by atoms with van der Waals surface area (Å²) in [6, 6.07) is 8.81. The van der Waals surface area contributed by atoms with Crippen LogP contribution in [0.15, 0.2) is 36.4 Å². The minimum atomic E-state index is -1.05. The first-order chi connectivity index (χ1) is 18.9. The Kier molecular flexibility index (Phi) is 12.3. The number of aryl methyl sites for hydroxylation is 2. The number of benzene rings is 1. The van der Waals surface area contributed by atoms with Gasteiger partial charge in [-0.1, -0.05) is 6.07 Å². The summed E-state index contributed by atoms with van der Waals surface area (Å²) in [6.07, 6.45) is 5.20. The minimum Gasteiger partial charge on any atom is -0.492 e. The molecule has 0 spiro atoms. The Morgan fingerprint density at radius 1 is 1.10 bits per heavy atom. The monoisotopic (exact) mass is 543 g/mol. The SMILES string of the molecule is CCN(CC)C(=O)N[C@@H](CCN(CCCCc1ccc2c(n1)NCCC2)CCOc1ccc(F)cc1)C(=O)O. The average molecular weight is 544 g/mol. The summed E-state index contributed by atoms with van der Waals surface area (Å²) in [5.74, 6) is 0.216. The van der Waals surface area contributed by atoms with Crippen molar-refractivity contribution in [2.45, 2.75) is 58.4 Å². The Hall–Kier alpha value is -3.40. The van der Waals surface area contributed by atoms with Gasteiger partial charge in [0.15, 0.2) is 0 Å². The van der Waals surface area contributed by atoms with Crippen LogP contribution in [-0.2, 0) is 17.6 Å². The van der Waals surface area contributed by atoms with Crippen molar-refractivity contribution in [1.82, 2.24) is 20.1 Å². The highest BCUT2D eigenvalue weighted by Crippen LogP contribution is 2.20. The van der Waals surface area contributed by atoms with E-state index in [0.717, 1.165) is 56.7 Å². The third-order valence-electron chi connectivity index (χ3n) is 6.98. The van der Waals surface area contributed by atoms with Gasteiger partial charge in [-0.05, 0) is 94.8 Å². The summed E-state index contributed by atoms with van der Waals surface area (Å²) in [5.41, 5.74) is 2.35. The lowest BCUT2D eigenvalue weighted by atomic mass is 10.1. The predicted octanol–water partition coefficient (Wildman–Crippen LogP) is 4.18. The maximum absolute atomic E-state index is 13.2. The van der Waals surface area contributed by atoms with Crippen LogP contribution in [-0.4, -0.2) is 83.8 Å². The third-order valence-corrected chi connectivity index (χ3v) is 6.98. The summed E-state index contributed by atoms with van der Waals surface area (Å²) < 4.78 is 19.0. The molecule has 9 nitrogen and oxygen atoms in total. The second kappa shape index (κ2) is 15.9. The molecule has 0 radical (unpaired) electrons. The van der Waals surface area contributed by atoms with Crippen LogP contribution < -0.4 is 15.4 Å². The summed E-state index contributed by atoms with van der Waals surface area (Å²) in [4.78, 5) is 32.8. The van der Waals surface area contributed by atoms with Gasteiger partial charge in [0.1, 0.15) is 30.0 Å². The standard InChI is InChI=1S/C29H42FN5O4/c1-3-35(4-2)29(38)33-26(28(36)37)16-19-34(20-21-39-25-14-11-23(30)12-15-25)18-6-5-9-24-13-10-22-8-7-17-31-27(22)32-24/h10-15,26H,3-9,16-21H2,1-2H3,(H,31,32)(H,33,38)(H,36,37)/t26-/m0/s1. The molecule has 214 valence electrons. The average Bonchev–Trinajstić information content (AvgIpc) is 2.94. The fraction of sp³-hybridized carbons (Fsp3) is 0.552. The number of amides is 2. The van der Waals surface area contributed by atoms with E-state index in [9.17, 15) is 19.1 Å². The van der Waals surface area contributed by atoms with E-state index in [0.29, 0.717) is 38.5 Å². The number of hydrogen-bond donors (Lipinski definition) is 3. The number of carboxylic acids is 1. The lowest BCUT2D eigenvalue weighted by Gasteiger charge is -2.26. The highest BCUT2D eigenvalue weighted by Gasteiger charge is 2.23. The van der Waals surface area contributed by atoms with Gasteiger partial charge in [0.05, 0.1) is 0 Å². The van der Waals surface area contributed by atoms with Crippen molar-refractivity contribution in [1.29, 1.82) is 0 Å². The van der Waals surface area contributed by atoms with Crippen LogP contribution in [0.3, 0.4) is 0 Å². The van der Waals surface area contributed by atoms with Crippen LogP contribution in [0, 0.1) is 5.82 Å². The fourth-order valence-electron chi connectivity index (χ4n) is 4.63. The van der Waals surface area contributed by atoms with Crippen molar-refractivity contribution >= 4 is 17.8 Å². The number of unbranched alkanes of at least 4 members (excludes halogenated alkanes) is 1. The number of halogens is 1. The number of aromatic nitrogens is 1. The van der Waals surface area contributed by atoms with Gasteiger partial charge in [0, 0.05) is 38.4 Å². The first-order valence-electron chi connectivity index (χ1n) is 14.0. The number of carbonyl (C=O) groups excluding carboxylic acids is 1. The molecule has 0 unspecified atom stereocenters. The molecule has 1 aromatic heterocycles. The number of nitrogens with one attached hydrogen (secondary N) is 2. The smallest absolute Gasteiger partial charge is 0.326 e. The maximum atomic E-state index is 13.2. The molecule has 1 aromatic carbocycles.